The van der Waals surface area contributed by atoms with Gasteiger partial charge in [0.1, 0.15) is 0 Å². The number of nitrogens with zero attached hydrogens (tertiary/aromatic N) is 2. The van der Waals surface area contributed by atoms with Crippen molar-refractivity contribution in [3.63, 3.8) is 0 Å². The molecule has 0 spiro atoms. The van der Waals surface area contributed by atoms with Gasteiger partial charge in [-0.25, -0.2) is 0 Å². The molecule has 0 saturated carbocycles. The van der Waals surface area contributed by atoms with Gasteiger partial charge in [0.25, 0.3) is 0 Å². The Morgan fingerprint density at radius 1 is 1.31 bits per heavy atom. The van der Waals surface area contributed by atoms with E-state index in [-0.39, 0.29) is 5.41 Å². The van der Waals surface area contributed by atoms with E-state index in [9.17, 15) is 0 Å². The molecule has 0 aromatic rings. The molecule has 1 fully saturated rings. The predicted molar refractivity (Wildman–Crippen MR) is 56.4 cm³/mol. The lowest BCUT2D eigenvalue weighted by atomic mass is 9.78. The Balaban J connectivity index is 0.000000671. The van der Waals surface area contributed by atoms with Gasteiger partial charge in [-0.1, -0.05) is 20.8 Å². The molecule has 0 amide bonds. The molecule has 1 heterocycles. The summed E-state index contributed by atoms with van der Waals surface area (Å²) in [6.45, 7) is 8.29. The van der Waals surface area contributed by atoms with Crippen molar-refractivity contribution in [3.05, 3.63) is 0 Å². The number of hydrogen-bond acceptors (Lipinski definition) is 2. The van der Waals surface area contributed by atoms with E-state index in [1.807, 2.05) is 13.8 Å². The minimum absolute atomic E-state index is 0.00646. The summed E-state index contributed by atoms with van der Waals surface area (Å²) in [5.41, 5.74) is 0.00646. The van der Waals surface area contributed by atoms with E-state index >= 15 is 0 Å². The Bertz CT molecular complexity index is 161. The van der Waals surface area contributed by atoms with Crippen molar-refractivity contribution in [3.8, 4) is 6.07 Å². The Morgan fingerprint density at radius 2 is 1.77 bits per heavy atom. The Labute approximate surface area is 82.5 Å². The van der Waals surface area contributed by atoms with Crippen molar-refractivity contribution in [2.45, 2.75) is 40.0 Å². The molecule has 76 valence electrons. The molecule has 13 heavy (non-hydrogen) atoms. The monoisotopic (exact) mass is 182 g/mol. The summed E-state index contributed by atoms with van der Waals surface area (Å²) < 4.78 is 0. The molecule has 0 aliphatic carbocycles. The molecular formula is C11H22N2. The van der Waals surface area contributed by atoms with E-state index in [2.05, 4.69) is 24.9 Å². The van der Waals surface area contributed by atoms with Crippen LogP contribution in [0.15, 0.2) is 0 Å². The smallest absolute Gasteiger partial charge is 0.0690 e. The first-order valence-corrected chi connectivity index (χ1v) is 5.32. The molecule has 1 saturated heterocycles. The van der Waals surface area contributed by atoms with Gasteiger partial charge in [0.15, 0.2) is 0 Å². The zero-order chi connectivity index (χ0) is 10.3. The van der Waals surface area contributed by atoms with Crippen LogP contribution in [0.5, 0.6) is 0 Å². The van der Waals surface area contributed by atoms with Gasteiger partial charge in [0.05, 0.1) is 11.5 Å². The van der Waals surface area contributed by atoms with Gasteiger partial charge >= 0.3 is 0 Å². The first-order valence-electron chi connectivity index (χ1n) is 5.32. The fraction of sp³-hybridized carbons (Fsp3) is 0.909. The quantitative estimate of drug-likeness (QED) is 0.623. The van der Waals surface area contributed by atoms with Crippen molar-refractivity contribution < 1.29 is 0 Å². The van der Waals surface area contributed by atoms with Crippen LogP contribution in [0, 0.1) is 16.7 Å². The summed E-state index contributed by atoms with van der Waals surface area (Å²) in [5.74, 6) is 0. The Hall–Kier alpha value is -0.550. The summed E-state index contributed by atoms with van der Waals surface area (Å²) in [4.78, 5) is 2.30. The summed E-state index contributed by atoms with van der Waals surface area (Å²) >= 11 is 0. The van der Waals surface area contributed by atoms with Gasteiger partial charge in [-0.2, -0.15) is 5.26 Å². The first kappa shape index (κ1) is 12.4. The van der Waals surface area contributed by atoms with Crippen LogP contribution in [0.1, 0.15) is 40.0 Å². The molecule has 0 unspecified atom stereocenters. The maximum atomic E-state index is 8.96. The standard InChI is InChI=1S/C9H16N2.C2H6/c1-3-9(8-10)4-6-11(2)7-5-9;1-2/h3-7H2,1-2H3;1-2H3. The van der Waals surface area contributed by atoms with Gasteiger partial charge in [0.2, 0.25) is 0 Å². The summed E-state index contributed by atoms with van der Waals surface area (Å²) in [5, 5.41) is 8.96. The highest BCUT2D eigenvalue weighted by Crippen LogP contribution is 2.33. The number of likely N-dealkylation sites (tertiary alicyclic amines) is 1. The SMILES string of the molecule is CC.CCC1(C#N)CCN(C)CC1. The van der Waals surface area contributed by atoms with Crippen molar-refractivity contribution in [1.82, 2.24) is 4.90 Å². The first-order chi connectivity index (χ1) is 6.22. The van der Waals surface area contributed by atoms with Crippen molar-refractivity contribution >= 4 is 0 Å². The minimum Gasteiger partial charge on any atom is -0.306 e. The minimum atomic E-state index is 0.00646. The highest BCUT2D eigenvalue weighted by atomic mass is 15.1. The molecule has 0 aromatic heterocycles. The molecule has 0 radical (unpaired) electrons. The number of rotatable bonds is 1. The molecule has 1 rings (SSSR count). The fourth-order valence-electron chi connectivity index (χ4n) is 1.59. The van der Waals surface area contributed by atoms with E-state index in [1.165, 1.54) is 0 Å². The van der Waals surface area contributed by atoms with Gasteiger partial charge in [-0.3, -0.25) is 0 Å². The van der Waals surface area contributed by atoms with Crippen LogP contribution < -0.4 is 0 Å². The maximum absolute atomic E-state index is 8.96. The second kappa shape index (κ2) is 5.99. The fourth-order valence-corrected chi connectivity index (χ4v) is 1.59. The normalized spacial score (nSPS) is 21.2. The van der Waals surface area contributed by atoms with Crippen molar-refractivity contribution in [1.29, 1.82) is 5.26 Å². The topological polar surface area (TPSA) is 27.0 Å². The molecule has 0 atom stereocenters. The molecule has 1 aliphatic rings. The number of nitriles is 1. The third kappa shape index (κ3) is 3.36. The highest BCUT2D eigenvalue weighted by Gasteiger charge is 2.31. The number of hydrogen-bond donors (Lipinski definition) is 0. The van der Waals surface area contributed by atoms with Crippen LogP contribution in [0.2, 0.25) is 0 Å². The van der Waals surface area contributed by atoms with Gasteiger partial charge in [-0.05, 0) is 39.4 Å². The summed E-state index contributed by atoms with van der Waals surface area (Å²) in [6, 6.07) is 2.46. The van der Waals surface area contributed by atoms with E-state index < -0.39 is 0 Å². The molecular weight excluding hydrogens is 160 g/mol. The zero-order valence-electron chi connectivity index (χ0n) is 9.43. The van der Waals surface area contributed by atoms with Crippen LogP contribution >= 0.6 is 0 Å². The molecule has 2 nitrogen and oxygen atoms in total. The van der Waals surface area contributed by atoms with E-state index in [0.29, 0.717) is 0 Å². The van der Waals surface area contributed by atoms with Crippen LogP contribution in [0.25, 0.3) is 0 Å². The number of piperidine rings is 1. The third-order valence-corrected chi connectivity index (χ3v) is 2.86. The highest BCUT2D eigenvalue weighted by molar-refractivity contribution is 5.00. The molecule has 0 bridgehead atoms. The summed E-state index contributed by atoms with van der Waals surface area (Å²) in [6.07, 6.45) is 3.12. The lowest BCUT2D eigenvalue weighted by molar-refractivity contribution is 0.167. The lowest BCUT2D eigenvalue weighted by Gasteiger charge is -2.34. The predicted octanol–water partition coefficient (Wildman–Crippen LogP) is 2.66. The van der Waals surface area contributed by atoms with Crippen LogP contribution in [-0.2, 0) is 0 Å². The Morgan fingerprint density at radius 3 is 2.08 bits per heavy atom. The van der Waals surface area contributed by atoms with Crippen molar-refractivity contribution in [2.75, 3.05) is 20.1 Å². The van der Waals surface area contributed by atoms with E-state index in [4.69, 9.17) is 5.26 Å². The maximum Gasteiger partial charge on any atom is 0.0690 e. The lowest BCUT2D eigenvalue weighted by Crippen LogP contribution is -2.36. The van der Waals surface area contributed by atoms with E-state index in [0.717, 1.165) is 32.4 Å². The van der Waals surface area contributed by atoms with Crippen LogP contribution in [0.4, 0.5) is 0 Å². The average molecular weight is 182 g/mol. The molecule has 2 heteroatoms. The van der Waals surface area contributed by atoms with Crippen LogP contribution in [0.3, 0.4) is 0 Å². The third-order valence-electron chi connectivity index (χ3n) is 2.86. The van der Waals surface area contributed by atoms with Gasteiger partial charge in [-0.15, -0.1) is 0 Å². The zero-order valence-corrected chi connectivity index (χ0v) is 9.43. The summed E-state index contributed by atoms with van der Waals surface area (Å²) in [7, 11) is 2.12. The van der Waals surface area contributed by atoms with Crippen LogP contribution in [-0.4, -0.2) is 25.0 Å². The average Bonchev–Trinajstić information content (AvgIpc) is 2.23. The van der Waals surface area contributed by atoms with Gasteiger partial charge in [0, 0.05) is 0 Å². The van der Waals surface area contributed by atoms with Crippen molar-refractivity contribution in [2.24, 2.45) is 5.41 Å². The molecule has 1 aliphatic heterocycles. The Kier molecular flexibility index (Phi) is 5.73. The largest absolute Gasteiger partial charge is 0.306 e. The molecule has 0 N–H and O–H groups in total. The van der Waals surface area contributed by atoms with Gasteiger partial charge < -0.3 is 4.90 Å². The second-order valence-corrected chi connectivity index (χ2v) is 3.55. The van der Waals surface area contributed by atoms with E-state index in [1.54, 1.807) is 0 Å². The second-order valence-electron chi connectivity index (χ2n) is 3.55. The molecule has 0 aromatic carbocycles.